The lowest BCUT2D eigenvalue weighted by atomic mass is 9.99. The molecule has 4 rings (SSSR count). The molecule has 1 aliphatic heterocycles. The Bertz CT molecular complexity index is 944. The summed E-state index contributed by atoms with van der Waals surface area (Å²) in [5.41, 5.74) is 0.837. The molecule has 1 aromatic carbocycles. The first kappa shape index (κ1) is 23.2. The van der Waals surface area contributed by atoms with Crippen molar-refractivity contribution < 1.29 is 0 Å². The highest BCUT2D eigenvalue weighted by atomic mass is 35.5. The van der Waals surface area contributed by atoms with E-state index < -0.39 is 0 Å². The van der Waals surface area contributed by atoms with E-state index in [2.05, 4.69) is 14.9 Å². The Morgan fingerprint density at radius 3 is 2.62 bits per heavy atom. The van der Waals surface area contributed by atoms with Crippen LogP contribution in [0, 0.1) is 6.92 Å². The van der Waals surface area contributed by atoms with Crippen LogP contribution in [0.2, 0.25) is 0 Å². The van der Waals surface area contributed by atoms with Gasteiger partial charge in [-0.15, -0.1) is 24.8 Å². The molecule has 158 valence electrons. The van der Waals surface area contributed by atoms with Gasteiger partial charge in [-0.05, 0) is 44.9 Å². The summed E-state index contributed by atoms with van der Waals surface area (Å²) in [5, 5.41) is 8.19. The summed E-state index contributed by atoms with van der Waals surface area (Å²) in [7, 11) is 0. The third-order valence-electron chi connectivity index (χ3n) is 5.23. The first-order valence-corrected chi connectivity index (χ1v) is 9.67. The van der Waals surface area contributed by atoms with Crippen molar-refractivity contribution in [1.29, 1.82) is 0 Å². The van der Waals surface area contributed by atoms with Gasteiger partial charge in [-0.2, -0.15) is 5.10 Å². The number of rotatable bonds is 6. The Balaban J connectivity index is 0.00000150. The number of para-hydroxylation sites is 1. The lowest BCUT2D eigenvalue weighted by molar-refractivity contribution is 0.436. The fraction of sp³-hybridized carbons (Fsp3) is 0.450. The molecule has 0 aliphatic carbocycles. The topological polar surface area (TPSA) is 69.7 Å². The van der Waals surface area contributed by atoms with Crippen molar-refractivity contribution in [1.82, 2.24) is 29.2 Å². The maximum atomic E-state index is 13.1. The minimum atomic E-state index is -0.0517. The van der Waals surface area contributed by atoms with Crippen LogP contribution in [-0.2, 0) is 13.1 Å². The summed E-state index contributed by atoms with van der Waals surface area (Å²) >= 11 is 0. The van der Waals surface area contributed by atoms with Gasteiger partial charge in [0.25, 0.3) is 0 Å². The fourth-order valence-electron chi connectivity index (χ4n) is 3.76. The lowest BCUT2D eigenvalue weighted by Gasteiger charge is -2.22. The number of aromatic nitrogens is 5. The molecule has 2 aromatic heterocycles. The van der Waals surface area contributed by atoms with Crippen LogP contribution in [0.25, 0.3) is 5.69 Å². The van der Waals surface area contributed by atoms with Crippen LogP contribution in [0.5, 0.6) is 0 Å². The average Bonchev–Trinajstić information content (AvgIpc) is 3.26. The van der Waals surface area contributed by atoms with Gasteiger partial charge in [0.1, 0.15) is 11.6 Å². The summed E-state index contributed by atoms with van der Waals surface area (Å²) in [5.74, 6) is 2.13. The molecule has 0 saturated carbocycles. The summed E-state index contributed by atoms with van der Waals surface area (Å²) < 4.78 is 5.52. The van der Waals surface area contributed by atoms with E-state index in [1.165, 1.54) is 0 Å². The van der Waals surface area contributed by atoms with Gasteiger partial charge in [0, 0.05) is 37.9 Å². The minimum absolute atomic E-state index is 0. The Morgan fingerprint density at radius 1 is 1.17 bits per heavy atom. The van der Waals surface area contributed by atoms with Crippen molar-refractivity contribution in [3.63, 3.8) is 0 Å². The Hall–Kier alpha value is -2.09. The van der Waals surface area contributed by atoms with E-state index in [0.717, 1.165) is 56.2 Å². The zero-order valence-corrected chi connectivity index (χ0v) is 18.2. The largest absolute Gasteiger partial charge is 0.350 e. The van der Waals surface area contributed by atoms with Crippen LogP contribution in [-0.4, -0.2) is 37.0 Å². The molecular formula is C20H28Cl2N6O. The first-order valence-electron chi connectivity index (χ1n) is 9.67. The van der Waals surface area contributed by atoms with Crippen LogP contribution in [0.15, 0.2) is 47.5 Å². The predicted molar refractivity (Wildman–Crippen MR) is 119 cm³/mol. The molecule has 1 unspecified atom stereocenters. The SMILES string of the molecule is Cc1nccn1CCCn1nc(C2CCCNC2)n(-c2ccccc2)c1=O.Cl.Cl. The lowest BCUT2D eigenvalue weighted by Crippen LogP contribution is -2.31. The summed E-state index contributed by atoms with van der Waals surface area (Å²) in [6.07, 6.45) is 6.79. The van der Waals surface area contributed by atoms with E-state index in [4.69, 9.17) is 5.10 Å². The zero-order chi connectivity index (χ0) is 18.6. The van der Waals surface area contributed by atoms with Gasteiger partial charge in [-0.25, -0.2) is 19.0 Å². The molecule has 1 aliphatic rings. The van der Waals surface area contributed by atoms with E-state index in [-0.39, 0.29) is 36.4 Å². The number of hydrogen-bond acceptors (Lipinski definition) is 4. The predicted octanol–water partition coefficient (Wildman–Crippen LogP) is 2.94. The van der Waals surface area contributed by atoms with E-state index in [0.29, 0.717) is 6.54 Å². The van der Waals surface area contributed by atoms with E-state index >= 15 is 0 Å². The third kappa shape index (κ3) is 5.10. The van der Waals surface area contributed by atoms with E-state index in [1.807, 2.05) is 43.5 Å². The number of nitrogens with one attached hydrogen (secondary N) is 1. The monoisotopic (exact) mass is 438 g/mol. The second kappa shape index (κ2) is 10.6. The molecule has 0 bridgehead atoms. The smallest absolute Gasteiger partial charge is 0.335 e. The summed E-state index contributed by atoms with van der Waals surface area (Å²) in [4.78, 5) is 17.4. The van der Waals surface area contributed by atoms with Gasteiger partial charge in [-0.1, -0.05) is 18.2 Å². The van der Waals surface area contributed by atoms with Crippen LogP contribution >= 0.6 is 24.8 Å². The second-order valence-corrected chi connectivity index (χ2v) is 7.10. The van der Waals surface area contributed by atoms with Crippen molar-refractivity contribution in [2.45, 2.75) is 45.2 Å². The van der Waals surface area contributed by atoms with Gasteiger partial charge in [0.15, 0.2) is 0 Å². The number of nitrogens with zero attached hydrogens (tertiary/aromatic N) is 5. The molecule has 1 fully saturated rings. The summed E-state index contributed by atoms with van der Waals surface area (Å²) in [6, 6.07) is 9.84. The van der Waals surface area contributed by atoms with Gasteiger partial charge < -0.3 is 9.88 Å². The van der Waals surface area contributed by atoms with Gasteiger partial charge in [-0.3, -0.25) is 0 Å². The molecule has 1 saturated heterocycles. The highest BCUT2D eigenvalue weighted by Gasteiger charge is 2.24. The molecular weight excluding hydrogens is 411 g/mol. The highest BCUT2D eigenvalue weighted by molar-refractivity contribution is 5.85. The fourth-order valence-corrected chi connectivity index (χ4v) is 3.76. The number of hydrogen-bond donors (Lipinski definition) is 1. The van der Waals surface area contributed by atoms with Crippen molar-refractivity contribution in [2.24, 2.45) is 0 Å². The van der Waals surface area contributed by atoms with Gasteiger partial charge in [0.2, 0.25) is 0 Å². The number of aryl methyl sites for hydroxylation is 3. The molecule has 1 atom stereocenters. The van der Waals surface area contributed by atoms with Crippen LogP contribution in [0.3, 0.4) is 0 Å². The third-order valence-corrected chi connectivity index (χ3v) is 5.23. The maximum absolute atomic E-state index is 13.1. The van der Waals surface area contributed by atoms with Crippen molar-refractivity contribution >= 4 is 24.8 Å². The Labute approximate surface area is 183 Å². The molecule has 9 heteroatoms. The summed E-state index contributed by atoms with van der Waals surface area (Å²) in [6.45, 7) is 5.33. The van der Waals surface area contributed by atoms with Crippen molar-refractivity contribution in [3.05, 3.63) is 64.9 Å². The van der Waals surface area contributed by atoms with Crippen LogP contribution in [0.4, 0.5) is 0 Å². The molecule has 0 radical (unpaired) electrons. The molecule has 1 N–H and O–H groups in total. The minimum Gasteiger partial charge on any atom is -0.335 e. The second-order valence-electron chi connectivity index (χ2n) is 7.10. The number of halogens is 2. The molecule has 3 heterocycles. The Kier molecular flexibility index (Phi) is 8.49. The molecule has 7 nitrogen and oxygen atoms in total. The van der Waals surface area contributed by atoms with Gasteiger partial charge in [0.05, 0.1) is 5.69 Å². The molecule has 0 amide bonds. The average molecular weight is 439 g/mol. The number of imidazole rings is 1. The van der Waals surface area contributed by atoms with Crippen molar-refractivity contribution in [3.8, 4) is 5.69 Å². The van der Waals surface area contributed by atoms with E-state index in [9.17, 15) is 4.79 Å². The maximum Gasteiger partial charge on any atom is 0.350 e. The number of piperidine rings is 1. The highest BCUT2D eigenvalue weighted by Crippen LogP contribution is 2.23. The first-order chi connectivity index (χ1) is 13.2. The molecule has 0 spiro atoms. The standard InChI is InChI=1S/C20H26N6O.2ClH/c1-16-22-11-14-24(16)12-6-13-25-20(27)26(18-8-3-2-4-9-18)19(23-25)17-7-5-10-21-15-17;;/h2-4,8-9,11,14,17,21H,5-7,10,12-13,15H2,1H3;2*1H. The Morgan fingerprint density at radius 2 is 1.97 bits per heavy atom. The van der Waals surface area contributed by atoms with Crippen LogP contribution in [0.1, 0.15) is 36.8 Å². The normalized spacial score (nSPS) is 16.1. The zero-order valence-electron chi connectivity index (χ0n) is 16.5. The quantitative estimate of drug-likeness (QED) is 0.641. The van der Waals surface area contributed by atoms with Gasteiger partial charge >= 0.3 is 5.69 Å². The van der Waals surface area contributed by atoms with Crippen molar-refractivity contribution in [2.75, 3.05) is 13.1 Å². The number of benzene rings is 1. The van der Waals surface area contributed by atoms with Crippen LogP contribution < -0.4 is 11.0 Å². The molecule has 29 heavy (non-hydrogen) atoms. The molecule has 3 aromatic rings. The van der Waals surface area contributed by atoms with E-state index in [1.54, 1.807) is 15.4 Å².